The van der Waals surface area contributed by atoms with Crippen LogP contribution in [0.1, 0.15) is 26.2 Å². The van der Waals surface area contributed by atoms with Crippen molar-refractivity contribution in [3.8, 4) is 0 Å². The highest BCUT2D eigenvalue weighted by molar-refractivity contribution is 4.89. The molecule has 0 aromatic heterocycles. The average molecular weight is 157 g/mol. The van der Waals surface area contributed by atoms with E-state index in [-0.39, 0.29) is 0 Å². The summed E-state index contributed by atoms with van der Waals surface area (Å²) in [6.45, 7) is 3.71. The summed E-state index contributed by atoms with van der Waals surface area (Å²) in [6.07, 6.45) is 3.42. The lowest BCUT2D eigenvalue weighted by atomic mass is 10.1. The lowest BCUT2D eigenvalue weighted by Crippen LogP contribution is -2.52. The molecule has 1 aliphatic heterocycles. The van der Waals surface area contributed by atoms with Crippen LogP contribution in [-0.4, -0.2) is 30.2 Å². The smallest absolute Gasteiger partial charge is 0.125 e. The summed E-state index contributed by atoms with van der Waals surface area (Å²) in [4.78, 5) is 2.30. The summed E-state index contributed by atoms with van der Waals surface area (Å²) in [6, 6.07) is 0.719. The van der Waals surface area contributed by atoms with E-state index in [9.17, 15) is 4.39 Å². The minimum absolute atomic E-state index is 0.522. The van der Waals surface area contributed by atoms with Crippen molar-refractivity contribution >= 4 is 0 Å². The Morgan fingerprint density at radius 3 is 2.45 bits per heavy atom. The van der Waals surface area contributed by atoms with Crippen LogP contribution in [0.4, 0.5) is 4.39 Å². The SMILES string of the molecule is C[C@@H]1CCC(N2CC(F)C2)C1. The van der Waals surface area contributed by atoms with Crippen molar-refractivity contribution in [3.63, 3.8) is 0 Å². The van der Waals surface area contributed by atoms with Crippen LogP contribution < -0.4 is 0 Å². The van der Waals surface area contributed by atoms with Gasteiger partial charge in [-0.2, -0.15) is 0 Å². The molecule has 0 amide bonds. The van der Waals surface area contributed by atoms with Gasteiger partial charge in [0.1, 0.15) is 6.17 Å². The van der Waals surface area contributed by atoms with Crippen LogP contribution in [0.3, 0.4) is 0 Å². The van der Waals surface area contributed by atoms with Gasteiger partial charge in [-0.15, -0.1) is 0 Å². The van der Waals surface area contributed by atoms with Crippen LogP contribution in [0.5, 0.6) is 0 Å². The molecule has 0 aromatic carbocycles. The topological polar surface area (TPSA) is 3.24 Å². The van der Waals surface area contributed by atoms with Crippen molar-refractivity contribution in [1.82, 2.24) is 4.90 Å². The first-order valence-electron chi connectivity index (χ1n) is 4.64. The van der Waals surface area contributed by atoms with E-state index < -0.39 is 6.17 Å². The highest BCUT2D eigenvalue weighted by Crippen LogP contribution is 2.31. The first-order valence-corrected chi connectivity index (χ1v) is 4.64. The minimum atomic E-state index is -0.522. The molecule has 2 aliphatic rings. The van der Waals surface area contributed by atoms with Gasteiger partial charge in [0, 0.05) is 19.1 Å². The molecular formula is C9H16FN. The van der Waals surface area contributed by atoms with Crippen molar-refractivity contribution in [2.75, 3.05) is 13.1 Å². The highest BCUT2D eigenvalue weighted by atomic mass is 19.1. The molecule has 2 atom stereocenters. The molecule has 1 aliphatic carbocycles. The summed E-state index contributed by atoms with van der Waals surface area (Å²) < 4.78 is 12.5. The van der Waals surface area contributed by atoms with Gasteiger partial charge in [0.25, 0.3) is 0 Å². The van der Waals surface area contributed by atoms with Gasteiger partial charge in [-0.1, -0.05) is 6.92 Å². The molecule has 1 nitrogen and oxygen atoms in total. The Morgan fingerprint density at radius 2 is 2.00 bits per heavy atom. The summed E-state index contributed by atoms with van der Waals surface area (Å²) >= 11 is 0. The van der Waals surface area contributed by atoms with Crippen LogP contribution in [-0.2, 0) is 0 Å². The van der Waals surface area contributed by atoms with Crippen molar-refractivity contribution in [3.05, 3.63) is 0 Å². The fourth-order valence-electron chi connectivity index (χ4n) is 2.26. The van der Waals surface area contributed by atoms with E-state index in [2.05, 4.69) is 11.8 Å². The third-order valence-corrected chi connectivity index (χ3v) is 3.05. The largest absolute Gasteiger partial charge is 0.295 e. The van der Waals surface area contributed by atoms with E-state index in [1.165, 1.54) is 19.3 Å². The maximum absolute atomic E-state index is 12.5. The molecule has 64 valence electrons. The van der Waals surface area contributed by atoms with Gasteiger partial charge in [-0.25, -0.2) is 4.39 Å². The fraction of sp³-hybridized carbons (Fsp3) is 1.00. The Bertz CT molecular complexity index is 142. The lowest BCUT2D eigenvalue weighted by Gasteiger charge is -2.39. The van der Waals surface area contributed by atoms with Gasteiger partial charge in [-0.05, 0) is 25.2 Å². The zero-order chi connectivity index (χ0) is 7.84. The van der Waals surface area contributed by atoms with Gasteiger partial charge < -0.3 is 0 Å². The number of nitrogens with zero attached hydrogens (tertiary/aromatic N) is 1. The Balaban J connectivity index is 1.79. The molecule has 1 unspecified atom stereocenters. The fourth-order valence-corrected chi connectivity index (χ4v) is 2.26. The summed E-state index contributed by atoms with van der Waals surface area (Å²) in [5, 5.41) is 0. The predicted octanol–water partition coefficient (Wildman–Crippen LogP) is 1.83. The van der Waals surface area contributed by atoms with E-state index in [0.717, 1.165) is 12.0 Å². The first-order chi connectivity index (χ1) is 5.25. The molecule has 1 heterocycles. The van der Waals surface area contributed by atoms with Gasteiger partial charge in [0.05, 0.1) is 0 Å². The summed E-state index contributed by atoms with van der Waals surface area (Å²) in [5.74, 6) is 0.874. The third-order valence-electron chi connectivity index (χ3n) is 3.05. The van der Waals surface area contributed by atoms with E-state index in [4.69, 9.17) is 0 Å². The Labute approximate surface area is 67.6 Å². The van der Waals surface area contributed by atoms with Gasteiger partial charge >= 0.3 is 0 Å². The second-order valence-electron chi connectivity index (χ2n) is 4.12. The Hall–Kier alpha value is -0.110. The zero-order valence-electron chi connectivity index (χ0n) is 7.09. The van der Waals surface area contributed by atoms with Crippen LogP contribution in [0, 0.1) is 5.92 Å². The second-order valence-corrected chi connectivity index (χ2v) is 4.12. The number of rotatable bonds is 1. The van der Waals surface area contributed by atoms with Gasteiger partial charge in [-0.3, -0.25) is 4.90 Å². The van der Waals surface area contributed by atoms with Gasteiger partial charge in [0.15, 0.2) is 0 Å². The standard InChI is InChI=1S/C9H16FN/c1-7-2-3-9(4-7)11-5-8(10)6-11/h7-9H,2-6H2,1H3/t7-,9?/m1/s1. The Morgan fingerprint density at radius 1 is 1.27 bits per heavy atom. The molecule has 0 radical (unpaired) electrons. The van der Waals surface area contributed by atoms with E-state index in [0.29, 0.717) is 13.1 Å². The zero-order valence-corrected chi connectivity index (χ0v) is 7.09. The lowest BCUT2D eigenvalue weighted by molar-refractivity contribution is 0.0286. The minimum Gasteiger partial charge on any atom is -0.295 e. The highest BCUT2D eigenvalue weighted by Gasteiger charge is 2.35. The third kappa shape index (κ3) is 1.41. The molecule has 1 saturated carbocycles. The van der Waals surface area contributed by atoms with E-state index in [1.54, 1.807) is 0 Å². The van der Waals surface area contributed by atoms with Crippen LogP contribution in [0.2, 0.25) is 0 Å². The molecule has 2 fully saturated rings. The van der Waals surface area contributed by atoms with Crippen LogP contribution in [0.25, 0.3) is 0 Å². The molecule has 2 rings (SSSR count). The number of halogens is 1. The number of likely N-dealkylation sites (tertiary alicyclic amines) is 1. The molecule has 0 aromatic rings. The maximum atomic E-state index is 12.5. The first kappa shape index (κ1) is 7.53. The van der Waals surface area contributed by atoms with Crippen molar-refractivity contribution in [2.24, 2.45) is 5.92 Å². The molecular weight excluding hydrogens is 141 g/mol. The average Bonchev–Trinajstić information content (AvgIpc) is 2.29. The second kappa shape index (κ2) is 2.74. The summed E-state index contributed by atoms with van der Waals surface area (Å²) in [5.41, 5.74) is 0. The summed E-state index contributed by atoms with van der Waals surface area (Å²) in [7, 11) is 0. The predicted molar refractivity (Wildman–Crippen MR) is 43.3 cm³/mol. The quantitative estimate of drug-likeness (QED) is 0.561. The van der Waals surface area contributed by atoms with E-state index in [1.807, 2.05) is 0 Å². The normalized spacial score (nSPS) is 40.9. The van der Waals surface area contributed by atoms with Gasteiger partial charge in [0.2, 0.25) is 0 Å². The van der Waals surface area contributed by atoms with E-state index >= 15 is 0 Å². The van der Waals surface area contributed by atoms with Crippen molar-refractivity contribution < 1.29 is 4.39 Å². The number of hydrogen-bond donors (Lipinski definition) is 0. The molecule has 0 N–H and O–H groups in total. The van der Waals surface area contributed by atoms with Crippen LogP contribution in [0.15, 0.2) is 0 Å². The molecule has 2 heteroatoms. The number of hydrogen-bond acceptors (Lipinski definition) is 1. The Kier molecular flexibility index (Phi) is 1.88. The van der Waals surface area contributed by atoms with Crippen molar-refractivity contribution in [1.29, 1.82) is 0 Å². The molecule has 1 saturated heterocycles. The number of alkyl halides is 1. The monoisotopic (exact) mass is 157 g/mol. The molecule has 0 bridgehead atoms. The maximum Gasteiger partial charge on any atom is 0.125 e. The van der Waals surface area contributed by atoms with Crippen molar-refractivity contribution in [2.45, 2.75) is 38.4 Å². The molecule has 11 heavy (non-hydrogen) atoms. The molecule has 0 spiro atoms. The van der Waals surface area contributed by atoms with Crippen LogP contribution >= 0.6 is 0 Å².